The maximum absolute atomic E-state index is 6.20. The predicted octanol–water partition coefficient (Wildman–Crippen LogP) is 11.6. The summed E-state index contributed by atoms with van der Waals surface area (Å²) in [5.74, 6) is 0. The summed E-state index contributed by atoms with van der Waals surface area (Å²) in [6.45, 7) is 6.44. The molecule has 4 nitrogen and oxygen atoms in total. The molecule has 6 rings (SSSR count). The monoisotopic (exact) mass is 600 g/mol. The van der Waals surface area contributed by atoms with Crippen molar-refractivity contribution in [2.75, 3.05) is 20.4 Å². The van der Waals surface area contributed by atoms with Crippen LogP contribution in [0.4, 0.5) is 51.2 Å². The second-order valence-corrected chi connectivity index (χ2v) is 11.4. The molecular formula is C42H40N4. The molecule has 6 aromatic carbocycles. The molecule has 0 heterocycles. The molecule has 2 N–H and O–H groups in total. The van der Waals surface area contributed by atoms with Crippen LogP contribution in [-0.2, 0) is 0 Å². The number of para-hydroxylation sites is 2. The van der Waals surface area contributed by atoms with E-state index in [1.54, 1.807) is 0 Å². The van der Waals surface area contributed by atoms with E-state index in [0.29, 0.717) is 0 Å². The highest BCUT2D eigenvalue weighted by Gasteiger charge is 2.19. The minimum absolute atomic E-state index is 0.142. The molecule has 0 spiro atoms. The van der Waals surface area contributed by atoms with Crippen LogP contribution in [0.1, 0.15) is 19.4 Å². The van der Waals surface area contributed by atoms with Gasteiger partial charge in [-0.3, -0.25) is 0 Å². The third-order valence-corrected chi connectivity index (χ3v) is 8.07. The highest BCUT2D eigenvalue weighted by Crippen LogP contribution is 2.39. The van der Waals surface area contributed by atoms with Gasteiger partial charge in [0.15, 0.2) is 0 Å². The Kier molecular flexibility index (Phi) is 9.17. The van der Waals surface area contributed by atoms with Crippen LogP contribution in [0.2, 0.25) is 0 Å². The average Bonchev–Trinajstić information content (AvgIpc) is 3.08. The van der Waals surface area contributed by atoms with Crippen LogP contribution in [0.15, 0.2) is 170 Å². The SMILES string of the molecule is C/C=C\C(C)N(c1ccc(N(c2ccccc2)c2cccc(C)c2)cc1)c1ccc(N(c2ccccc2)c2cccc(N)c2)cc1. The van der Waals surface area contributed by atoms with Gasteiger partial charge in [-0.25, -0.2) is 0 Å². The van der Waals surface area contributed by atoms with Gasteiger partial charge in [0.25, 0.3) is 0 Å². The van der Waals surface area contributed by atoms with E-state index in [1.165, 1.54) is 5.56 Å². The summed E-state index contributed by atoms with van der Waals surface area (Å²) in [5, 5.41) is 0. The maximum atomic E-state index is 6.20. The molecule has 0 bridgehead atoms. The lowest BCUT2D eigenvalue weighted by Gasteiger charge is -2.32. The molecule has 228 valence electrons. The van der Waals surface area contributed by atoms with Crippen LogP contribution in [-0.4, -0.2) is 6.04 Å². The number of nitrogens with zero attached hydrogens (tertiary/aromatic N) is 3. The lowest BCUT2D eigenvalue weighted by Crippen LogP contribution is -2.26. The number of anilines is 9. The van der Waals surface area contributed by atoms with E-state index in [1.807, 2.05) is 24.3 Å². The van der Waals surface area contributed by atoms with Crippen LogP contribution in [0.25, 0.3) is 0 Å². The Hall–Kier alpha value is -5.74. The molecule has 0 aliphatic rings. The Morgan fingerprint density at radius 3 is 1.35 bits per heavy atom. The van der Waals surface area contributed by atoms with Gasteiger partial charge in [-0.2, -0.15) is 0 Å². The van der Waals surface area contributed by atoms with Crippen molar-refractivity contribution in [2.24, 2.45) is 0 Å². The Bertz CT molecular complexity index is 1750. The van der Waals surface area contributed by atoms with E-state index < -0.39 is 0 Å². The van der Waals surface area contributed by atoms with E-state index in [4.69, 9.17) is 5.73 Å². The second kappa shape index (κ2) is 13.9. The van der Waals surface area contributed by atoms with E-state index in [-0.39, 0.29) is 6.04 Å². The number of benzene rings is 6. The zero-order valence-corrected chi connectivity index (χ0v) is 26.7. The second-order valence-electron chi connectivity index (χ2n) is 11.4. The number of aryl methyl sites for hydroxylation is 1. The first-order chi connectivity index (χ1) is 22.5. The molecule has 0 amide bonds. The molecule has 0 radical (unpaired) electrons. The van der Waals surface area contributed by atoms with Crippen molar-refractivity contribution in [3.05, 3.63) is 175 Å². The van der Waals surface area contributed by atoms with Crippen LogP contribution in [0.3, 0.4) is 0 Å². The first kappa shape index (κ1) is 30.3. The molecule has 0 aromatic heterocycles. The van der Waals surface area contributed by atoms with Gasteiger partial charge < -0.3 is 20.4 Å². The van der Waals surface area contributed by atoms with Crippen molar-refractivity contribution in [2.45, 2.75) is 26.8 Å². The topological polar surface area (TPSA) is 35.7 Å². The lowest BCUT2D eigenvalue weighted by atomic mass is 10.1. The number of rotatable bonds is 10. The standard InChI is InChI=1S/C42H40N4/c1-4-13-33(3)44(37-22-26-39(27-23-37)45(35-16-7-5-8-17-35)41-20-11-14-32(2)30-41)38-24-28-40(29-25-38)46(36-18-9-6-10-19-36)42-21-12-15-34(43)31-42/h4-31,33H,43H2,1-3H3/b13-4-. The molecule has 0 aliphatic carbocycles. The van der Waals surface area contributed by atoms with Crippen molar-refractivity contribution < 1.29 is 0 Å². The molecule has 1 unspecified atom stereocenters. The molecule has 0 aliphatic heterocycles. The Morgan fingerprint density at radius 2 is 0.891 bits per heavy atom. The summed E-state index contributed by atoms with van der Waals surface area (Å²) in [7, 11) is 0. The molecule has 6 aromatic rings. The van der Waals surface area contributed by atoms with Gasteiger partial charge in [0.2, 0.25) is 0 Å². The summed E-state index contributed by atoms with van der Waals surface area (Å²) in [4.78, 5) is 6.92. The summed E-state index contributed by atoms with van der Waals surface area (Å²) in [6, 6.07) is 55.4. The Morgan fingerprint density at radius 1 is 0.478 bits per heavy atom. The normalized spacial score (nSPS) is 11.7. The molecule has 4 heteroatoms. The van der Waals surface area contributed by atoms with Gasteiger partial charge in [-0.15, -0.1) is 0 Å². The minimum atomic E-state index is 0.142. The van der Waals surface area contributed by atoms with Gasteiger partial charge in [0.1, 0.15) is 0 Å². The zero-order chi connectivity index (χ0) is 31.9. The highest BCUT2D eigenvalue weighted by molar-refractivity contribution is 5.81. The summed E-state index contributed by atoms with van der Waals surface area (Å²) >= 11 is 0. The van der Waals surface area contributed by atoms with Crippen LogP contribution in [0.5, 0.6) is 0 Å². The summed E-state index contributed by atoms with van der Waals surface area (Å²) in [6.07, 6.45) is 4.35. The molecule has 0 saturated heterocycles. The van der Waals surface area contributed by atoms with Gasteiger partial charge in [-0.1, -0.05) is 66.7 Å². The van der Waals surface area contributed by atoms with Crippen LogP contribution in [0, 0.1) is 6.92 Å². The van der Waals surface area contributed by atoms with Gasteiger partial charge in [-0.05, 0) is 129 Å². The molecule has 0 fully saturated rings. The molecule has 46 heavy (non-hydrogen) atoms. The number of hydrogen-bond acceptors (Lipinski definition) is 4. The zero-order valence-electron chi connectivity index (χ0n) is 26.7. The van der Waals surface area contributed by atoms with Crippen molar-refractivity contribution in [1.29, 1.82) is 0 Å². The third kappa shape index (κ3) is 6.67. The van der Waals surface area contributed by atoms with Crippen LogP contribution < -0.4 is 20.4 Å². The molecule has 0 saturated carbocycles. The fraction of sp³-hybridized carbons (Fsp3) is 0.0952. The van der Waals surface area contributed by atoms with E-state index in [0.717, 1.165) is 51.2 Å². The number of nitrogen functional groups attached to an aromatic ring is 1. The van der Waals surface area contributed by atoms with Crippen LogP contribution >= 0.6 is 0 Å². The predicted molar refractivity (Wildman–Crippen MR) is 198 cm³/mol. The van der Waals surface area contributed by atoms with Crippen molar-refractivity contribution in [3.63, 3.8) is 0 Å². The van der Waals surface area contributed by atoms with Crippen molar-refractivity contribution >= 4 is 51.2 Å². The quantitative estimate of drug-likeness (QED) is 0.125. The van der Waals surface area contributed by atoms with Gasteiger partial charge in [0, 0.05) is 57.2 Å². The largest absolute Gasteiger partial charge is 0.399 e. The van der Waals surface area contributed by atoms with E-state index in [2.05, 4.69) is 181 Å². The fourth-order valence-corrected chi connectivity index (χ4v) is 5.99. The Labute approximate surface area is 273 Å². The van der Waals surface area contributed by atoms with Gasteiger partial charge in [0.05, 0.1) is 0 Å². The van der Waals surface area contributed by atoms with Crippen molar-refractivity contribution in [1.82, 2.24) is 0 Å². The van der Waals surface area contributed by atoms with Gasteiger partial charge >= 0.3 is 0 Å². The Balaban J connectivity index is 1.36. The van der Waals surface area contributed by atoms with E-state index in [9.17, 15) is 0 Å². The summed E-state index contributed by atoms with van der Waals surface area (Å²) in [5.41, 5.74) is 16.9. The fourth-order valence-electron chi connectivity index (χ4n) is 5.99. The number of hydrogen-bond donors (Lipinski definition) is 1. The van der Waals surface area contributed by atoms with E-state index >= 15 is 0 Å². The van der Waals surface area contributed by atoms with Crippen molar-refractivity contribution in [3.8, 4) is 0 Å². The number of allylic oxidation sites excluding steroid dienone is 1. The smallest absolute Gasteiger partial charge is 0.0493 e. The first-order valence-electron chi connectivity index (χ1n) is 15.8. The molecule has 1 atom stereocenters. The summed E-state index contributed by atoms with van der Waals surface area (Å²) < 4.78 is 0. The maximum Gasteiger partial charge on any atom is 0.0493 e. The third-order valence-electron chi connectivity index (χ3n) is 8.07. The first-order valence-corrected chi connectivity index (χ1v) is 15.8. The highest BCUT2D eigenvalue weighted by atomic mass is 15.2. The minimum Gasteiger partial charge on any atom is -0.399 e. The molecular weight excluding hydrogens is 560 g/mol. The number of nitrogens with two attached hydrogens (primary N) is 1. The lowest BCUT2D eigenvalue weighted by molar-refractivity contribution is 0.863. The average molecular weight is 601 g/mol.